The molecular weight excluding hydrogens is 330 g/mol. The first-order chi connectivity index (χ1) is 9.78. The van der Waals surface area contributed by atoms with Crippen LogP contribution < -0.4 is 4.72 Å². The molecule has 0 amide bonds. The fourth-order valence-electron chi connectivity index (χ4n) is 1.84. The molecule has 0 radical (unpaired) electrons. The minimum Gasteiger partial charge on any atom is -0.305 e. The molecule has 0 aliphatic heterocycles. The molecular formula is C13H16ClN3O2S2. The van der Waals surface area contributed by atoms with Crippen LogP contribution in [0, 0.1) is 6.92 Å². The van der Waals surface area contributed by atoms with Crippen LogP contribution in [-0.2, 0) is 16.6 Å². The number of anilines is 1. The maximum atomic E-state index is 12.3. The summed E-state index contributed by atoms with van der Waals surface area (Å²) < 4.78 is 27.5. The number of hydrogen-bond donors (Lipinski definition) is 1. The molecule has 8 heteroatoms. The van der Waals surface area contributed by atoms with Crippen LogP contribution in [0.2, 0.25) is 4.47 Å². The maximum Gasteiger partial charge on any atom is 0.273 e. The van der Waals surface area contributed by atoms with Gasteiger partial charge in [-0.25, -0.2) is 13.4 Å². The Labute approximate surface area is 133 Å². The third kappa shape index (κ3) is 4.16. The lowest BCUT2D eigenvalue weighted by atomic mass is 10.2. The lowest BCUT2D eigenvalue weighted by molar-refractivity contribution is 0.402. The summed E-state index contributed by atoms with van der Waals surface area (Å²) in [4.78, 5) is 5.97. The van der Waals surface area contributed by atoms with Crippen molar-refractivity contribution in [2.24, 2.45) is 0 Å². The Morgan fingerprint density at radius 1 is 1.29 bits per heavy atom. The molecule has 1 heterocycles. The van der Waals surface area contributed by atoms with Gasteiger partial charge in [-0.1, -0.05) is 35.1 Å². The van der Waals surface area contributed by atoms with Crippen LogP contribution in [0.25, 0.3) is 0 Å². The van der Waals surface area contributed by atoms with Gasteiger partial charge in [0, 0.05) is 12.2 Å². The lowest BCUT2D eigenvalue weighted by Crippen LogP contribution is -2.13. The van der Waals surface area contributed by atoms with E-state index in [2.05, 4.69) is 9.71 Å². The van der Waals surface area contributed by atoms with E-state index in [1.807, 2.05) is 31.1 Å². The van der Waals surface area contributed by atoms with Crippen LogP contribution in [0.4, 0.5) is 5.69 Å². The quantitative estimate of drug-likeness (QED) is 0.905. The number of nitrogens with zero attached hydrogens (tertiary/aromatic N) is 2. The van der Waals surface area contributed by atoms with E-state index in [9.17, 15) is 8.42 Å². The number of nitrogens with one attached hydrogen (secondary N) is 1. The second-order valence-corrected chi connectivity index (χ2v) is 8.34. The fraction of sp³-hybridized carbons (Fsp3) is 0.308. The Bertz CT molecular complexity index is 724. The molecule has 2 aromatic rings. The van der Waals surface area contributed by atoms with Crippen LogP contribution in [-0.4, -0.2) is 32.4 Å². The van der Waals surface area contributed by atoms with Crippen molar-refractivity contribution >= 4 is 38.6 Å². The van der Waals surface area contributed by atoms with Crippen LogP contribution in [0.5, 0.6) is 0 Å². The minimum atomic E-state index is -3.65. The third-order valence-corrected chi connectivity index (χ3v) is 5.93. The summed E-state index contributed by atoms with van der Waals surface area (Å²) in [7, 11) is 0.310. The molecule has 0 fully saturated rings. The fourth-order valence-corrected chi connectivity index (χ4v) is 4.64. The average Bonchev–Trinajstić information content (AvgIpc) is 2.71. The number of rotatable bonds is 5. The van der Waals surface area contributed by atoms with E-state index in [4.69, 9.17) is 11.6 Å². The minimum absolute atomic E-state index is 0.143. The van der Waals surface area contributed by atoms with Crippen molar-refractivity contribution in [3.8, 4) is 0 Å². The topological polar surface area (TPSA) is 62.3 Å². The van der Waals surface area contributed by atoms with Crippen molar-refractivity contribution in [3.05, 3.63) is 40.0 Å². The number of benzene rings is 1. The molecule has 2 rings (SSSR count). The first-order valence-corrected chi connectivity index (χ1v) is 8.85. The van der Waals surface area contributed by atoms with E-state index >= 15 is 0 Å². The second kappa shape index (κ2) is 6.31. The van der Waals surface area contributed by atoms with Crippen molar-refractivity contribution in [3.63, 3.8) is 0 Å². The molecule has 0 atom stereocenters. The molecule has 0 unspecified atom stereocenters. The summed E-state index contributed by atoms with van der Waals surface area (Å²) in [5, 5.41) is 0. The van der Waals surface area contributed by atoms with E-state index in [-0.39, 0.29) is 8.68 Å². The molecule has 0 saturated heterocycles. The average molecular weight is 346 g/mol. The van der Waals surface area contributed by atoms with Gasteiger partial charge in [0.2, 0.25) is 0 Å². The summed E-state index contributed by atoms with van der Waals surface area (Å²) in [5.41, 5.74) is 2.03. The monoisotopic (exact) mass is 345 g/mol. The van der Waals surface area contributed by atoms with Gasteiger partial charge in [0.1, 0.15) is 0 Å². The Kier molecular flexibility index (Phi) is 4.88. The summed E-state index contributed by atoms with van der Waals surface area (Å²) >= 11 is 6.70. The SMILES string of the molecule is Cc1nc(Cl)sc1S(=O)(=O)Nc1ccc(CN(C)C)cc1. The van der Waals surface area contributed by atoms with Crippen LogP contribution in [0.15, 0.2) is 28.5 Å². The highest BCUT2D eigenvalue weighted by molar-refractivity contribution is 7.94. The molecule has 1 aromatic heterocycles. The maximum absolute atomic E-state index is 12.3. The predicted molar refractivity (Wildman–Crippen MR) is 86.5 cm³/mol. The van der Waals surface area contributed by atoms with Crippen LogP contribution >= 0.6 is 22.9 Å². The molecule has 0 bridgehead atoms. The van der Waals surface area contributed by atoms with Crippen molar-refractivity contribution < 1.29 is 8.42 Å². The van der Waals surface area contributed by atoms with E-state index in [1.165, 1.54) is 0 Å². The highest BCUT2D eigenvalue weighted by Crippen LogP contribution is 2.28. The number of halogens is 1. The zero-order valence-electron chi connectivity index (χ0n) is 11.9. The van der Waals surface area contributed by atoms with Gasteiger partial charge in [-0.2, -0.15) is 0 Å². The normalized spacial score (nSPS) is 11.9. The molecule has 0 saturated carbocycles. The molecule has 0 spiro atoms. The van der Waals surface area contributed by atoms with E-state index < -0.39 is 10.0 Å². The van der Waals surface area contributed by atoms with Gasteiger partial charge >= 0.3 is 0 Å². The van der Waals surface area contributed by atoms with Crippen LogP contribution in [0.3, 0.4) is 0 Å². The first kappa shape index (κ1) is 16.2. The zero-order valence-corrected chi connectivity index (χ0v) is 14.3. The Balaban J connectivity index is 2.19. The molecule has 5 nitrogen and oxygen atoms in total. The first-order valence-electron chi connectivity index (χ1n) is 6.17. The third-order valence-electron chi connectivity index (χ3n) is 2.68. The van der Waals surface area contributed by atoms with Gasteiger partial charge in [0.25, 0.3) is 10.0 Å². The largest absolute Gasteiger partial charge is 0.305 e. The second-order valence-electron chi connectivity index (χ2n) is 4.88. The van der Waals surface area contributed by atoms with Crippen molar-refractivity contribution in [2.45, 2.75) is 17.7 Å². The van der Waals surface area contributed by atoms with Crippen molar-refractivity contribution in [2.75, 3.05) is 18.8 Å². The molecule has 0 aliphatic carbocycles. The highest BCUT2D eigenvalue weighted by Gasteiger charge is 2.21. The molecule has 114 valence electrons. The smallest absolute Gasteiger partial charge is 0.273 e. The van der Waals surface area contributed by atoms with E-state index in [0.29, 0.717) is 11.4 Å². The highest BCUT2D eigenvalue weighted by atomic mass is 35.5. The van der Waals surface area contributed by atoms with Gasteiger partial charge in [-0.05, 0) is 38.7 Å². The van der Waals surface area contributed by atoms with Gasteiger partial charge in [0.05, 0.1) is 5.69 Å². The van der Waals surface area contributed by atoms with E-state index in [0.717, 1.165) is 23.4 Å². The number of aromatic nitrogens is 1. The summed E-state index contributed by atoms with van der Waals surface area (Å²) in [6.07, 6.45) is 0. The molecule has 1 N–H and O–H groups in total. The Morgan fingerprint density at radius 2 is 1.90 bits per heavy atom. The summed E-state index contributed by atoms with van der Waals surface area (Å²) in [6.45, 7) is 2.42. The summed E-state index contributed by atoms with van der Waals surface area (Å²) in [5.74, 6) is 0. The van der Waals surface area contributed by atoms with Crippen molar-refractivity contribution in [1.82, 2.24) is 9.88 Å². The number of hydrogen-bond acceptors (Lipinski definition) is 5. The van der Waals surface area contributed by atoms with Crippen LogP contribution in [0.1, 0.15) is 11.3 Å². The van der Waals surface area contributed by atoms with Gasteiger partial charge < -0.3 is 4.90 Å². The molecule has 21 heavy (non-hydrogen) atoms. The molecule has 1 aromatic carbocycles. The summed E-state index contributed by atoms with van der Waals surface area (Å²) in [6, 6.07) is 7.28. The number of thiazole rings is 1. The van der Waals surface area contributed by atoms with Gasteiger partial charge in [0.15, 0.2) is 8.68 Å². The number of sulfonamides is 1. The predicted octanol–water partition coefficient (Wildman–Crippen LogP) is 2.97. The lowest BCUT2D eigenvalue weighted by Gasteiger charge is -2.11. The standard InChI is InChI=1S/C13H16ClN3O2S2/c1-9-12(20-13(14)15-9)21(18,19)16-11-6-4-10(5-7-11)8-17(2)3/h4-7,16H,8H2,1-3H3. The van der Waals surface area contributed by atoms with E-state index in [1.54, 1.807) is 19.1 Å². The number of aryl methyl sites for hydroxylation is 1. The zero-order chi connectivity index (χ0) is 15.6. The Morgan fingerprint density at radius 3 is 2.38 bits per heavy atom. The Hall–Kier alpha value is -1.15. The molecule has 0 aliphatic rings. The van der Waals surface area contributed by atoms with Crippen molar-refractivity contribution in [1.29, 1.82) is 0 Å². The van der Waals surface area contributed by atoms with Gasteiger partial charge in [-0.3, -0.25) is 4.72 Å². The van der Waals surface area contributed by atoms with Gasteiger partial charge in [-0.15, -0.1) is 0 Å².